The van der Waals surface area contributed by atoms with Crippen LogP contribution in [0.1, 0.15) is 45.1 Å². The first-order valence-electron chi connectivity index (χ1n) is 11.6. The lowest BCUT2D eigenvalue weighted by Gasteiger charge is -2.31. The summed E-state index contributed by atoms with van der Waals surface area (Å²) in [7, 11) is 0. The molecule has 1 aliphatic rings. The Kier molecular flexibility index (Phi) is 8.87. The van der Waals surface area contributed by atoms with E-state index in [0.717, 1.165) is 42.4 Å². The smallest absolute Gasteiger partial charge is 0.256 e. The molecule has 0 spiro atoms. The Morgan fingerprint density at radius 1 is 1.03 bits per heavy atom. The van der Waals surface area contributed by atoms with Gasteiger partial charge in [-0.3, -0.25) is 14.4 Å². The van der Waals surface area contributed by atoms with Gasteiger partial charge in [-0.25, -0.2) is 13.7 Å². The van der Waals surface area contributed by atoms with E-state index in [0.29, 0.717) is 11.6 Å². The molecule has 2 N–H and O–H groups in total. The lowest BCUT2D eigenvalue weighted by Crippen LogP contribution is -2.53. The Hall–Kier alpha value is -3.13. The molecular weight excluding hydrogens is 440 g/mol. The van der Waals surface area contributed by atoms with E-state index in [4.69, 9.17) is 0 Å². The molecule has 3 rings (SSSR count). The molecule has 8 heteroatoms. The molecule has 3 atom stereocenters. The van der Waals surface area contributed by atoms with Crippen LogP contribution in [0.2, 0.25) is 0 Å². The van der Waals surface area contributed by atoms with Gasteiger partial charge in [-0.2, -0.15) is 0 Å². The number of rotatable bonds is 8. The Morgan fingerprint density at radius 3 is 2.32 bits per heavy atom. The van der Waals surface area contributed by atoms with Gasteiger partial charge in [0.2, 0.25) is 11.8 Å². The van der Waals surface area contributed by atoms with Crippen molar-refractivity contribution in [3.63, 3.8) is 0 Å². The van der Waals surface area contributed by atoms with Gasteiger partial charge in [-0.1, -0.05) is 38.0 Å². The molecule has 0 aromatic heterocycles. The van der Waals surface area contributed by atoms with Crippen LogP contribution in [0.5, 0.6) is 0 Å². The molecule has 0 aliphatic heterocycles. The minimum Gasteiger partial charge on any atom is -0.344 e. The van der Waals surface area contributed by atoms with Crippen molar-refractivity contribution in [1.82, 2.24) is 10.6 Å². The average Bonchev–Trinajstić information content (AvgIpc) is 2.78. The second kappa shape index (κ2) is 11.8. The van der Waals surface area contributed by atoms with Crippen LogP contribution in [0.25, 0.3) is 0 Å². The Bertz CT molecular complexity index is 995. The zero-order chi connectivity index (χ0) is 24.7. The Labute approximate surface area is 198 Å². The van der Waals surface area contributed by atoms with E-state index in [-0.39, 0.29) is 24.6 Å². The molecule has 0 saturated heterocycles. The summed E-state index contributed by atoms with van der Waals surface area (Å²) in [5.41, 5.74) is 0.556. The molecule has 0 heterocycles. The highest BCUT2D eigenvalue weighted by Gasteiger charge is 2.30. The standard InChI is InChI=1S/C26H31F2N3O3/c1-17-8-6-7-11-23(17)29-16-25(33)31(22-9-4-3-5-10-22)26(34)18(2)30-24(32)14-19-12-20(27)15-21(28)13-19/h3-5,9-10,12-13,15,17-18,23,29H,6-8,11,14,16H2,1-2H3,(H,30,32)/t17?,18-,23?/m0/s1. The number of hydrogen-bond acceptors (Lipinski definition) is 4. The number of halogens is 2. The van der Waals surface area contributed by atoms with Crippen molar-refractivity contribution in [3.05, 3.63) is 65.7 Å². The number of nitrogens with one attached hydrogen (secondary N) is 2. The molecule has 182 valence electrons. The van der Waals surface area contributed by atoms with Gasteiger partial charge in [-0.05, 0) is 55.5 Å². The van der Waals surface area contributed by atoms with Crippen LogP contribution in [0.15, 0.2) is 48.5 Å². The molecule has 2 unspecified atom stereocenters. The molecule has 2 aromatic carbocycles. The van der Waals surface area contributed by atoms with Crippen LogP contribution in [-0.4, -0.2) is 36.3 Å². The van der Waals surface area contributed by atoms with E-state index in [1.807, 2.05) is 0 Å². The quantitative estimate of drug-likeness (QED) is 0.615. The predicted octanol–water partition coefficient (Wildman–Crippen LogP) is 3.74. The second-order valence-corrected chi connectivity index (χ2v) is 8.90. The largest absolute Gasteiger partial charge is 0.344 e. The summed E-state index contributed by atoms with van der Waals surface area (Å²) in [6.07, 6.45) is 4.08. The zero-order valence-electron chi connectivity index (χ0n) is 19.5. The normalized spacial score (nSPS) is 18.7. The first kappa shape index (κ1) is 25.5. The highest BCUT2D eigenvalue weighted by atomic mass is 19.1. The number of nitrogens with zero attached hydrogens (tertiary/aromatic N) is 1. The number of carbonyl (C=O) groups excluding carboxylic acids is 3. The first-order valence-corrected chi connectivity index (χ1v) is 11.6. The number of hydrogen-bond donors (Lipinski definition) is 2. The summed E-state index contributed by atoms with van der Waals surface area (Å²) in [5, 5.41) is 5.83. The third kappa shape index (κ3) is 6.93. The summed E-state index contributed by atoms with van der Waals surface area (Å²) in [6, 6.07) is 10.6. The van der Waals surface area contributed by atoms with Crippen molar-refractivity contribution < 1.29 is 23.2 Å². The minimum absolute atomic E-state index is 0.00111. The number of benzene rings is 2. The van der Waals surface area contributed by atoms with Crippen LogP contribution in [0, 0.1) is 17.6 Å². The van der Waals surface area contributed by atoms with Crippen molar-refractivity contribution in [2.45, 2.75) is 58.0 Å². The highest BCUT2D eigenvalue weighted by Crippen LogP contribution is 2.24. The molecule has 0 bridgehead atoms. The summed E-state index contributed by atoms with van der Waals surface area (Å²) in [4.78, 5) is 39.9. The van der Waals surface area contributed by atoms with E-state index < -0.39 is 35.4 Å². The monoisotopic (exact) mass is 471 g/mol. The van der Waals surface area contributed by atoms with Crippen molar-refractivity contribution in [1.29, 1.82) is 0 Å². The minimum atomic E-state index is -1.02. The van der Waals surface area contributed by atoms with E-state index in [1.165, 1.54) is 13.3 Å². The molecule has 1 saturated carbocycles. The van der Waals surface area contributed by atoms with Crippen molar-refractivity contribution in [3.8, 4) is 0 Å². The van der Waals surface area contributed by atoms with Crippen LogP contribution in [0.3, 0.4) is 0 Å². The average molecular weight is 472 g/mol. The van der Waals surface area contributed by atoms with Gasteiger partial charge in [0, 0.05) is 12.1 Å². The maximum Gasteiger partial charge on any atom is 0.256 e. The van der Waals surface area contributed by atoms with Crippen LogP contribution in [0.4, 0.5) is 14.5 Å². The second-order valence-electron chi connectivity index (χ2n) is 8.90. The van der Waals surface area contributed by atoms with E-state index >= 15 is 0 Å². The molecule has 3 amide bonds. The molecule has 2 aromatic rings. The van der Waals surface area contributed by atoms with Gasteiger partial charge in [0.25, 0.3) is 5.91 Å². The molecule has 1 aliphatic carbocycles. The van der Waals surface area contributed by atoms with Crippen molar-refractivity contribution >= 4 is 23.4 Å². The highest BCUT2D eigenvalue weighted by molar-refractivity contribution is 6.17. The SMILES string of the molecule is CC1CCCCC1NCC(=O)N(C(=O)[C@H](C)NC(=O)Cc1cc(F)cc(F)c1)c1ccccc1. The Balaban J connectivity index is 1.67. The maximum atomic E-state index is 13.4. The van der Waals surface area contributed by atoms with Gasteiger partial charge >= 0.3 is 0 Å². The number of anilines is 1. The Morgan fingerprint density at radius 2 is 1.68 bits per heavy atom. The fourth-order valence-electron chi connectivity index (χ4n) is 4.33. The summed E-state index contributed by atoms with van der Waals surface area (Å²) < 4.78 is 26.8. The summed E-state index contributed by atoms with van der Waals surface area (Å²) in [6.45, 7) is 3.63. The van der Waals surface area contributed by atoms with E-state index in [9.17, 15) is 23.2 Å². The van der Waals surface area contributed by atoms with Crippen LogP contribution in [-0.2, 0) is 20.8 Å². The lowest BCUT2D eigenvalue weighted by atomic mass is 9.86. The predicted molar refractivity (Wildman–Crippen MR) is 126 cm³/mol. The van der Waals surface area contributed by atoms with Crippen molar-refractivity contribution in [2.75, 3.05) is 11.4 Å². The maximum absolute atomic E-state index is 13.4. The topological polar surface area (TPSA) is 78.5 Å². The van der Waals surface area contributed by atoms with E-state index in [1.54, 1.807) is 30.3 Å². The molecule has 6 nitrogen and oxygen atoms in total. The first-order chi connectivity index (χ1) is 16.2. The zero-order valence-corrected chi connectivity index (χ0v) is 19.5. The van der Waals surface area contributed by atoms with Gasteiger partial charge in [0.05, 0.1) is 18.7 Å². The molecule has 0 radical (unpaired) electrons. The molecule has 34 heavy (non-hydrogen) atoms. The van der Waals surface area contributed by atoms with Crippen molar-refractivity contribution in [2.24, 2.45) is 5.92 Å². The van der Waals surface area contributed by atoms with Gasteiger partial charge < -0.3 is 10.6 Å². The summed E-state index contributed by atoms with van der Waals surface area (Å²) >= 11 is 0. The van der Waals surface area contributed by atoms with E-state index in [2.05, 4.69) is 17.6 Å². The molecule has 1 fully saturated rings. The third-order valence-corrected chi connectivity index (χ3v) is 6.15. The number of imide groups is 1. The number of amides is 3. The number of carbonyl (C=O) groups is 3. The summed E-state index contributed by atoms with van der Waals surface area (Å²) in [5.74, 6) is -2.70. The van der Waals surface area contributed by atoms with Gasteiger partial charge in [-0.15, -0.1) is 0 Å². The lowest BCUT2D eigenvalue weighted by molar-refractivity contribution is -0.130. The molecular formula is C26H31F2N3O3. The number of para-hydroxylation sites is 1. The van der Waals surface area contributed by atoms with Crippen LogP contribution >= 0.6 is 0 Å². The van der Waals surface area contributed by atoms with Crippen LogP contribution < -0.4 is 15.5 Å². The fourth-order valence-corrected chi connectivity index (χ4v) is 4.33. The van der Waals surface area contributed by atoms with Gasteiger partial charge in [0.1, 0.15) is 17.7 Å². The third-order valence-electron chi connectivity index (χ3n) is 6.15. The van der Waals surface area contributed by atoms with Gasteiger partial charge in [0.15, 0.2) is 0 Å². The fraction of sp³-hybridized carbons (Fsp3) is 0.423.